The highest BCUT2D eigenvalue weighted by atomic mass is 15.1. The number of hydrogen-bond donors (Lipinski definition) is 2. The normalized spacial score (nSPS) is 13.7. The van der Waals surface area contributed by atoms with Crippen molar-refractivity contribution < 1.29 is 0 Å². The summed E-state index contributed by atoms with van der Waals surface area (Å²) in [7, 11) is 0. The zero-order valence-corrected chi connectivity index (χ0v) is 13.6. The van der Waals surface area contributed by atoms with Crippen LogP contribution in [0.3, 0.4) is 0 Å². The lowest BCUT2D eigenvalue weighted by Gasteiger charge is -2.13. The Morgan fingerprint density at radius 1 is 1.21 bits per heavy atom. The highest BCUT2D eigenvalue weighted by molar-refractivity contribution is 5.57. The topological polar surface area (TPSA) is 73.6 Å². The Bertz CT molecular complexity index is 760. The van der Waals surface area contributed by atoms with E-state index in [2.05, 4.69) is 32.7 Å². The molecule has 5 nitrogen and oxygen atoms in total. The molecule has 1 aliphatic carbocycles. The molecule has 2 aromatic rings. The maximum Gasteiger partial charge on any atom is 0.229 e. The molecule has 0 radical (unpaired) electrons. The highest BCUT2D eigenvalue weighted by Crippen LogP contribution is 2.20. The summed E-state index contributed by atoms with van der Waals surface area (Å²) in [6.07, 6.45) is 10.3. The summed E-state index contributed by atoms with van der Waals surface area (Å²) >= 11 is 0. The Labute approximate surface area is 142 Å². The number of nitrogens with zero attached hydrogens (tertiary/aromatic N) is 3. The molecule has 0 atom stereocenters. The third-order valence-corrected chi connectivity index (χ3v) is 4.04. The molecule has 1 aromatic carbocycles. The van der Waals surface area contributed by atoms with E-state index in [1.54, 1.807) is 23.9 Å². The quantitative estimate of drug-likeness (QED) is 0.772. The second kappa shape index (κ2) is 8.11. The van der Waals surface area contributed by atoms with Gasteiger partial charge in [-0.3, -0.25) is 0 Å². The van der Waals surface area contributed by atoms with E-state index < -0.39 is 0 Å². The molecule has 1 heterocycles. The van der Waals surface area contributed by atoms with Crippen LogP contribution in [0.4, 0.5) is 17.5 Å². The van der Waals surface area contributed by atoms with Crippen LogP contribution < -0.4 is 10.6 Å². The number of hydrogen-bond acceptors (Lipinski definition) is 5. The smallest absolute Gasteiger partial charge is 0.229 e. The molecule has 0 unspecified atom stereocenters. The summed E-state index contributed by atoms with van der Waals surface area (Å²) in [5.74, 6) is 1.33. The molecule has 0 amide bonds. The third-order valence-electron chi connectivity index (χ3n) is 4.04. The number of benzene rings is 1. The summed E-state index contributed by atoms with van der Waals surface area (Å²) < 4.78 is 0. The Kier molecular flexibility index (Phi) is 5.41. The van der Waals surface area contributed by atoms with Crippen LogP contribution in [0.15, 0.2) is 48.2 Å². The predicted octanol–water partition coefficient (Wildman–Crippen LogP) is 4.39. The van der Waals surface area contributed by atoms with Crippen molar-refractivity contribution in [1.82, 2.24) is 9.97 Å². The van der Waals surface area contributed by atoms with E-state index in [4.69, 9.17) is 5.26 Å². The maximum absolute atomic E-state index is 8.95. The van der Waals surface area contributed by atoms with Crippen molar-refractivity contribution in [3.8, 4) is 6.07 Å². The van der Waals surface area contributed by atoms with Crippen LogP contribution in [-0.2, 0) is 0 Å². The van der Waals surface area contributed by atoms with E-state index in [9.17, 15) is 0 Å². The third kappa shape index (κ3) is 4.56. The molecule has 0 spiro atoms. The van der Waals surface area contributed by atoms with Crippen molar-refractivity contribution in [2.75, 3.05) is 17.2 Å². The number of nitriles is 1. The van der Waals surface area contributed by atoms with E-state index in [-0.39, 0.29) is 0 Å². The van der Waals surface area contributed by atoms with Crippen LogP contribution in [0, 0.1) is 11.3 Å². The summed E-state index contributed by atoms with van der Waals surface area (Å²) in [5.41, 5.74) is 2.96. The minimum absolute atomic E-state index is 0.520. The number of rotatable bonds is 6. The minimum atomic E-state index is 0.520. The fraction of sp³-hybridized carbons (Fsp3) is 0.316. The lowest BCUT2D eigenvalue weighted by molar-refractivity contribution is 0.679. The minimum Gasteiger partial charge on any atom is -0.370 e. The molecular formula is C19H21N5. The van der Waals surface area contributed by atoms with Gasteiger partial charge in [0.15, 0.2) is 0 Å². The van der Waals surface area contributed by atoms with Gasteiger partial charge >= 0.3 is 0 Å². The molecular weight excluding hydrogens is 298 g/mol. The van der Waals surface area contributed by atoms with Gasteiger partial charge in [-0.1, -0.05) is 17.7 Å². The largest absolute Gasteiger partial charge is 0.370 e. The first-order valence-electron chi connectivity index (χ1n) is 8.35. The second-order valence-corrected chi connectivity index (χ2v) is 5.87. The zero-order chi connectivity index (χ0) is 16.6. The van der Waals surface area contributed by atoms with Crippen molar-refractivity contribution >= 4 is 17.5 Å². The summed E-state index contributed by atoms with van der Waals surface area (Å²) in [6.45, 7) is 0.881. The highest BCUT2D eigenvalue weighted by Gasteiger charge is 2.04. The second-order valence-electron chi connectivity index (χ2n) is 5.87. The number of anilines is 3. The standard InChI is InChI=1S/C19H21N5/c20-14-16-7-4-8-17(13-16)23-19-22-12-10-18(24-19)21-11-9-15-5-2-1-3-6-15/h4-5,7-8,10,12-13H,1-3,6,9,11H2,(H2,21,22,23,24). The molecule has 0 fully saturated rings. The molecule has 5 heteroatoms. The van der Waals surface area contributed by atoms with Gasteiger partial charge in [-0.05, 0) is 56.4 Å². The van der Waals surface area contributed by atoms with Crippen molar-refractivity contribution in [3.63, 3.8) is 0 Å². The SMILES string of the molecule is N#Cc1cccc(Nc2nccc(NCCC3=CCCCC3)n2)c1. The van der Waals surface area contributed by atoms with E-state index in [1.807, 2.05) is 18.2 Å². The van der Waals surface area contributed by atoms with Crippen LogP contribution in [0.5, 0.6) is 0 Å². The van der Waals surface area contributed by atoms with Crippen LogP contribution in [0.1, 0.15) is 37.7 Å². The molecule has 24 heavy (non-hydrogen) atoms. The average Bonchev–Trinajstić information content (AvgIpc) is 2.63. The molecule has 0 saturated carbocycles. The van der Waals surface area contributed by atoms with E-state index in [0.29, 0.717) is 11.5 Å². The van der Waals surface area contributed by atoms with Gasteiger partial charge in [-0.15, -0.1) is 0 Å². The van der Waals surface area contributed by atoms with Gasteiger partial charge in [0, 0.05) is 18.4 Å². The van der Waals surface area contributed by atoms with Gasteiger partial charge in [0.2, 0.25) is 5.95 Å². The molecule has 0 bridgehead atoms. The Hall–Kier alpha value is -2.87. The Morgan fingerprint density at radius 3 is 3.00 bits per heavy atom. The van der Waals surface area contributed by atoms with Crippen molar-refractivity contribution in [2.45, 2.75) is 32.1 Å². The van der Waals surface area contributed by atoms with E-state index in [1.165, 1.54) is 25.7 Å². The lowest BCUT2D eigenvalue weighted by atomic mass is 9.97. The van der Waals surface area contributed by atoms with Crippen molar-refractivity contribution in [2.24, 2.45) is 0 Å². The van der Waals surface area contributed by atoms with Crippen LogP contribution >= 0.6 is 0 Å². The first kappa shape index (κ1) is 16.0. The fourth-order valence-corrected chi connectivity index (χ4v) is 2.80. The zero-order valence-electron chi connectivity index (χ0n) is 13.6. The van der Waals surface area contributed by atoms with Gasteiger partial charge in [-0.25, -0.2) is 4.98 Å². The predicted molar refractivity (Wildman–Crippen MR) is 96.1 cm³/mol. The molecule has 1 aromatic heterocycles. The Morgan fingerprint density at radius 2 is 2.17 bits per heavy atom. The first-order chi connectivity index (χ1) is 11.8. The summed E-state index contributed by atoms with van der Waals surface area (Å²) in [5, 5.41) is 15.4. The monoisotopic (exact) mass is 319 g/mol. The number of allylic oxidation sites excluding steroid dienone is 1. The van der Waals surface area contributed by atoms with Crippen LogP contribution in [0.25, 0.3) is 0 Å². The molecule has 0 saturated heterocycles. The first-order valence-corrected chi connectivity index (χ1v) is 8.35. The van der Waals surface area contributed by atoms with Crippen LogP contribution in [0.2, 0.25) is 0 Å². The van der Waals surface area contributed by atoms with Crippen molar-refractivity contribution in [3.05, 3.63) is 53.7 Å². The average molecular weight is 319 g/mol. The Balaban J connectivity index is 1.57. The number of nitrogens with one attached hydrogen (secondary N) is 2. The maximum atomic E-state index is 8.95. The molecule has 122 valence electrons. The molecule has 2 N–H and O–H groups in total. The molecule has 3 rings (SSSR count). The van der Waals surface area contributed by atoms with Gasteiger partial charge in [0.1, 0.15) is 5.82 Å². The van der Waals surface area contributed by atoms with Gasteiger partial charge < -0.3 is 10.6 Å². The summed E-state index contributed by atoms with van der Waals surface area (Å²) in [4.78, 5) is 8.70. The van der Waals surface area contributed by atoms with Gasteiger partial charge in [0.25, 0.3) is 0 Å². The number of aromatic nitrogens is 2. The van der Waals surface area contributed by atoms with E-state index >= 15 is 0 Å². The van der Waals surface area contributed by atoms with E-state index in [0.717, 1.165) is 24.5 Å². The van der Waals surface area contributed by atoms with Crippen LogP contribution in [-0.4, -0.2) is 16.5 Å². The fourth-order valence-electron chi connectivity index (χ4n) is 2.80. The van der Waals surface area contributed by atoms with Gasteiger partial charge in [0.05, 0.1) is 11.6 Å². The van der Waals surface area contributed by atoms with Gasteiger partial charge in [-0.2, -0.15) is 10.2 Å². The summed E-state index contributed by atoms with van der Waals surface area (Å²) in [6, 6.07) is 11.3. The molecule has 1 aliphatic rings. The lowest BCUT2D eigenvalue weighted by Crippen LogP contribution is -2.07. The van der Waals surface area contributed by atoms with Crippen molar-refractivity contribution in [1.29, 1.82) is 5.26 Å². The molecule has 0 aliphatic heterocycles.